The van der Waals surface area contributed by atoms with Gasteiger partial charge in [-0.05, 0) is 61.3 Å². The van der Waals surface area contributed by atoms with Crippen molar-refractivity contribution in [1.29, 1.82) is 0 Å². The van der Waals surface area contributed by atoms with Crippen LogP contribution < -0.4 is 10.2 Å². The van der Waals surface area contributed by atoms with Crippen LogP contribution in [0.3, 0.4) is 0 Å². The van der Waals surface area contributed by atoms with Gasteiger partial charge in [-0.3, -0.25) is 10.1 Å². The first-order valence-corrected chi connectivity index (χ1v) is 9.65. The van der Waals surface area contributed by atoms with Gasteiger partial charge in [0.15, 0.2) is 0 Å². The van der Waals surface area contributed by atoms with Crippen LogP contribution in [-0.2, 0) is 4.79 Å². The minimum atomic E-state index is -0.715. The van der Waals surface area contributed by atoms with Crippen LogP contribution >= 0.6 is 11.6 Å². The van der Waals surface area contributed by atoms with Crippen molar-refractivity contribution < 1.29 is 9.90 Å². The van der Waals surface area contributed by atoms with Crippen LogP contribution in [0.25, 0.3) is 0 Å². The first-order valence-electron chi connectivity index (χ1n) is 9.27. The highest BCUT2D eigenvalue weighted by molar-refractivity contribution is 6.30. The number of anilines is 1. The van der Waals surface area contributed by atoms with Gasteiger partial charge in [0.05, 0.1) is 6.04 Å². The molecule has 1 aromatic carbocycles. The predicted octanol–water partition coefficient (Wildman–Crippen LogP) is 3.96. The molecule has 4 nitrogen and oxygen atoms in total. The predicted molar refractivity (Wildman–Crippen MR) is 102 cm³/mol. The first-order chi connectivity index (χ1) is 11.7. The molecule has 3 unspecified atom stereocenters. The van der Waals surface area contributed by atoms with E-state index in [4.69, 9.17) is 11.6 Å². The number of nitrogens with zero attached hydrogens (tertiary/aromatic N) is 1. The molecular formula is C20H29ClN2O2. The zero-order chi connectivity index (χ0) is 18.2. The lowest BCUT2D eigenvalue weighted by Crippen LogP contribution is -2.53. The molecule has 0 radical (unpaired) electrons. The summed E-state index contributed by atoms with van der Waals surface area (Å²) in [6.45, 7) is 6.87. The van der Waals surface area contributed by atoms with E-state index in [-0.39, 0.29) is 23.4 Å². The number of benzene rings is 1. The van der Waals surface area contributed by atoms with Crippen molar-refractivity contribution in [2.75, 3.05) is 4.90 Å². The van der Waals surface area contributed by atoms with Crippen molar-refractivity contribution in [1.82, 2.24) is 5.32 Å². The average molecular weight is 365 g/mol. The summed E-state index contributed by atoms with van der Waals surface area (Å²) >= 11 is 5.96. The molecule has 1 amide bonds. The number of carbonyl (C=O) groups excluding carboxylic acids is 1. The molecular weight excluding hydrogens is 336 g/mol. The Labute approximate surface area is 155 Å². The molecule has 1 aliphatic heterocycles. The number of aliphatic hydroxyl groups excluding tert-OH is 1. The fraction of sp³-hybridized carbons (Fsp3) is 0.650. The summed E-state index contributed by atoms with van der Waals surface area (Å²) in [5.74, 6) is 0.705. The Morgan fingerprint density at radius 2 is 1.96 bits per heavy atom. The summed E-state index contributed by atoms with van der Waals surface area (Å²) in [5, 5.41) is 14.9. The second-order valence-corrected chi connectivity index (χ2v) is 9.00. The summed E-state index contributed by atoms with van der Waals surface area (Å²) in [5.41, 5.74) is 1.09. The maximum Gasteiger partial charge on any atom is 0.227 e. The largest absolute Gasteiger partial charge is 0.376 e. The quantitative estimate of drug-likeness (QED) is 0.795. The van der Waals surface area contributed by atoms with Crippen LogP contribution in [-0.4, -0.2) is 29.3 Å². The van der Waals surface area contributed by atoms with Crippen LogP contribution in [0.15, 0.2) is 24.3 Å². The molecule has 0 aromatic heterocycles. The topological polar surface area (TPSA) is 52.6 Å². The van der Waals surface area contributed by atoms with Gasteiger partial charge in [-0.1, -0.05) is 32.4 Å². The normalized spacial score (nSPS) is 30.5. The van der Waals surface area contributed by atoms with Crippen molar-refractivity contribution in [3.63, 3.8) is 0 Å². The third-order valence-corrected chi connectivity index (χ3v) is 5.77. The Balaban J connectivity index is 1.71. The molecule has 4 atom stereocenters. The van der Waals surface area contributed by atoms with Crippen molar-refractivity contribution in [2.24, 2.45) is 11.3 Å². The van der Waals surface area contributed by atoms with Gasteiger partial charge < -0.3 is 10.0 Å². The van der Waals surface area contributed by atoms with Crippen LogP contribution in [0, 0.1) is 11.3 Å². The van der Waals surface area contributed by atoms with E-state index in [1.807, 2.05) is 12.1 Å². The van der Waals surface area contributed by atoms with E-state index in [0.717, 1.165) is 18.5 Å². The SMILES string of the molecule is CC1CC(NC(O)[C@@H]2CCC(=O)N2c2ccc(Cl)cc2)CC(C)(C)C1. The Bertz CT molecular complexity index is 617. The van der Waals surface area contributed by atoms with Crippen LogP contribution in [0.4, 0.5) is 5.69 Å². The summed E-state index contributed by atoms with van der Waals surface area (Å²) in [7, 11) is 0. The monoisotopic (exact) mass is 364 g/mol. The van der Waals surface area contributed by atoms with Crippen molar-refractivity contribution >= 4 is 23.2 Å². The molecule has 2 fully saturated rings. The Kier molecular flexibility index (Phi) is 5.42. The number of hydrogen-bond acceptors (Lipinski definition) is 3. The number of halogens is 1. The van der Waals surface area contributed by atoms with Crippen molar-refractivity contribution in [3.8, 4) is 0 Å². The number of carbonyl (C=O) groups is 1. The minimum Gasteiger partial charge on any atom is -0.376 e. The minimum absolute atomic E-state index is 0.0607. The number of aliphatic hydroxyl groups is 1. The molecule has 1 aromatic rings. The Hall–Kier alpha value is -1.10. The van der Waals surface area contributed by atoms with E-state index < -0.39 is 6.23 Å². The Morgan fingerprint density at radius 1 is 1.28 bits per heavy atom. The Morgan fingerprint density at radius 3 is 2.60 bits per heavy atom. The molecule has 0 bridgehead atoms. The first kappa shape index (κ1) is 18.7. The molecule has 1 aliphatic carbocycles. The maximum atomic E-state index is 12.4. The lowest BCUT2D eigenvalue weighted by molar-refractivity contribution is -0.117. The van der Waals surface area contributed by atoms with Gasteiger partial charge >= 0.3 is 0 Å². The smallest absolute Gasteiger partial charge is 0.227 e. The summed E-state index contributed by atoms with van der Waals surface area (Å²) in [4.78, 5) is 14.1. The van der Waals surface area contributed by atoms with E-state index in [0.29, 0.717) is 23.8 Å². The molecule has 138 valence electrons. The maximum absolute atomic E-state index is 12.4. The molecule has 1 saturated carbocycles. The highest BCUT2D eigenvalue weighted by Gasteiger charge is 2.39. The fourth-order valence-corrected chi connectivity index (χ4v) is 4.89. The molecule has 0 spiro atoms. The number of amides is 1. The van der Waals surface area contributed by atoms with E-state index >= 15 is 0 Å². The van der Waals surface area contributed by atoms with Crippen LogP contribution in [0.2, 0.25) is 5.02 Å². The van der Waals surface area contributed by atoms with E-state index in [1.165, 1.54) is 6.42 Å². The van der Waals surface area contributed by atoms with Gasteiger partial charge in [0.2, 0.25) is 5.91 Å². The third-order valence-electron chi connectivity index (χ3n) is 5.52. The standard InChI is InChI=1S/C20H29ClN2O2/c1-13-10-15(12-20(2,3)11-13)22-19(25)17-8-9-18(24)23(17)16-6-4-14(21)5-7-16/h4-7,13,15,17,19,22,25H,8-12H2,1-3H3/t13?,15?,17-,19?/m0/s1. The highest BCUT2D eigenvalue weighted by Crippen LogP contribution is 2.39. The molecule has 1 saturated heterocycles. The lowest BCUT2D eigenvalue weighted by Gasteiger charge is -2.41. The zero-order valence-electron chi connectivity index (χ0n) is 15.3. The van der Waals surface area contributed by atoms with E-state index in [2.05, 4.69) is 26.1 Å². The zero-order valence-corrected chi connectivity index (χ0v) is 16.1. The van der Waals surface area contributed by atoms with Gasteiger partial charge in [0, 0.05) is 23.2 Å². The fourth-order valence-electron chi connectivity index (χ4n) is 4.77. The molecule has 25 heavy (non-hydrogen) atoms. The van der Waals surface area contributed by atoms with E-state index in [1.54, 1.807) is 17.0 Å². The molecule has 3 rings (SSSR count). The van der Waals surface area contributed by atoms with Crippen molar-refractivity contribution in [3.05, 3.63) is 29.3 Å². The van der Waals surface area contributed by atoms with Crippen molar-refractivity contribution in [2.45, 2.75) is 71.2 Å². The van der Waals surface area contributed by atoms with E-state index in [9.17, 15) is 9.90 Å². The number of nitrogens with one attached hydrogen (secondary N) is 1. The summed E-state index contributed by atoms with van der Waals surface area (Å²) in [6.07, 6.45) is 3.77. The van der Waals surface area contributed by atoms with Gasteiger partial charge in [-0.2, -0.15) is 0 Å². The van der Waals surface area contributed by atoms with Gasteiger partial charge in [0.25, 0.3) is 0 Å². The average Bonchev–Trinajstić information content (AvgIpc) is 2.88. The van der Waals surface area contributed by atoms with Crippen LogP contribution in [0.1, 0.15) is 52.9 Å². The lowest BCUT2D eigenvalue weighted by atomic mass is 9.70. The molecule has 1 heterocycles. The second kappa shape index (κ2) is 7.26. The number of rotatable bonds is 4. The highest BCUT2D eigenvalue weighted by atomic mass is 35.5. The molecule has 5 heteroatoms. The van der Waals surface area contributed by atoms with Gasteiger partial charge in [-0.25, -0.2) is 0 Å². The summed E-state index contributed by atoms with van der Waals surface area (Å²) in [6, 6.07) is 7.31. The van der Waals surface area contributed by atoms with Gasteiger partial charge in [0.1, 0.15) is 6.23 Å². The molecule has 2 aliphatic rings. The van der Waals surface area contributed by atoms with Crippen LogP contribution in [0.5, 0.6) is 0 Å². The number of hydrogen-bond donors (Lipinski definition) is 2. The molecule has 2 N–H and O–H groups in total. The van der Waals surface area contributed by atoms with Gasteiger partial charge in [-0.15, -0.1) is 0 Å². The third kappa shape index (κ3) is 4.36. The summed E-state index contributed by atoms with van der Waals surface area (Å²) < 4.78 is 0. The second-order valence-electron chi connectivity index (χ2n) is 8.57.